The van der Waals surface area contributed by atoms with Crippen molar-refractivity contribution < 1.29 is 0 Å². The molecule has 1 saturated heterocycles. The first-order valence-electron chi connectivity index (χ1n) is 6.62. The third kappa shape index (κ3) is 3.80. The molecule has 3 nitrogen and oxygen atoms in total. The Hall–Kier alpha value is -1.87. The molecule has 19 heavy (non-hydrogen) atoms. The summed E-state index contributed by atoms with van der Waals surface area (Å²) < 4.78 is 0. The van der Waals surface area contributed by atoms with E-state index in [2.05, 4.69) is 41.8 Å². The van der Waals surface area contributed by atoms with Crippen molar-refractivity contribution in [2.75, 3.05) is 11.9 Å². The van der Waals surface area contributed by atoms with Gasteiger partial charge in [-0.1, -0.05) is 24.8 Å². The molecule has 2 rings (SSSR count). The van der Waals surface area contributed by atoms with E-state index in [1.54, 1.807) is 11.3 Å². The van der Waals surface area contributed by atoms with Crippen molar-refractivity contribution in [1.29, 1.82) is 0 Å². The Kier molecular flexibility index (Phi) is 5.07. The summed E-state index contributed by atoms with van der Waals surface area (Å²) in [7, 11) is 0. The predicted octanol–water partition coefficient (Wildman–Crippen LogP) is 3.51. The number of nitrogens with one attached hydrogen (secondary N) is 1. The Labute approximate surface area is 114 Å². The van der Waals surface area contributed by atoms with Gasteiger partial charge in [-0.2, -0.15) is 0 Å². The topological polar surface area (TPSA) is 28.2 Å². The average molecular weight is 516 g/mol. The van der Waals surface area contributed by atoms with Crippen molar-refractivity contribution in [2.24, 2.45) is 5.92 Å². The van der Waals surface area contributed by atoms with E-state index in [0.29, 0.717) is 6.04 Å². The van der Waals surface area contributed by atoms with Gasteiger partial charge >= 0.3 is 0 Å². The van der Waals surface area contributed by atoms with Gasteiger partial charge < -0.3 is 10.3 Å². The van der Waals surface area contributed by atoms with E-state index in [1.807, 2.05) is 6.92 Å². The van der Waals surface area contributed by atoms with Crippen molar-refractivity contribution in [2.45, 2.75) is 46.2 Å². The Bertz CT molecular complexity index is 419. The molecular formula is C14H22EsN3S-. The summed E-state index contributed by atoms with van der Waals surface area (Å²) in [5.41, 5.74) is 0.921. The normalized spacial score (nSPS) is 23.1. The Morgan fingerprint density at radius 2 is 2.37 bits per heavy atom. The van der Waals surface area contributed by atoms with Gasteiger partial charge in [-0.05, 0) is 31.9 Å². The van der Waals surface area contributed by atoms with Crippen LogP contribution in [0, 0.1) is 12.1 Å². The van der Waals surface area contributed by atoms with Gasteiger partial charge in [0, 0.05) is 24.3 Å². The van der Waals surface area contributed by atoms with Gasteiger partial charge in [-0.15, -0.1) is 6.20 Å². The van der Waals surface area contributed by atoms with Gasteiger partial charge in [0.05, 0.1) is 0 Å². The van der Waals surface area contributed by atoms with Crippen molar-refractivity contribution in [3.63, 3.8) is 0 Å². The first-order valence-corrected chi connectivity index (χ1v) is 7.44. The zero-order chi connectivity index (χ0) is 13.1. The third-order valence-electron chi connectivity index (χ3n) is 3.54. The van der Waals surface area contributed by atoms with Gasteiger partial charge in [-0.3, -0.25) is 4.90 Å². The fourth-order valence-corrected chi connectivity index (χ4v) is 3.37. The zero-order valence-corrected chi connectivity index (χ0v) is 15.1. The van der Waals surface area contributed by atoms with Crippen LogP contribution in [0.5, 0.6) is 0 Å². The van der Waals surface area contributed by atoms with Crippen molar-refractivity contribution in [3.05, 3.63) is 23.3 Å². The van der Waals surface area contributed by atoms with Crippen LogP contribution in [-0.2, 0) is 6.54 Å². The minimum atomic E-state index is 0. The minimum absolute atomic E-state index is 0. The van der Waals surface area contributed by atoms with Gasteiger partial charge in [0.2, 0.25) is 0 Å². The van der Waals surface area contributed by atoms with Crippen LogP contribution < -0.4 is 5.32 Å². The van der Waals surface area contributed by atoms with Crippen LogP contribution in [0.15, 0.2) is 12.3 Å². The second-order valence-corrected chi connectivity index (χ2v) is 6.33. The minimum Gasteiger partial charge on any atom is -0.427 e. The van der Waals surface area contributed by atoms with Crippen LogP contribution in [0.1, 0.15) is 38.5 Å². The number of aromatic nitrogens is 1. The fraction of sp³-hybridized carbons (Fsp3) is 0.643. The molecule has 1 N–H and O–H groups in total. The first kappa shape index (κ1) is 15.2. The zero-order valence-electron chi connectivity index (χ0n) is 11.8. The largest absolute Gasteiger partial charge is 0.427 e. The fourth-order valence-electron chi connectivity index (χ4n) is 2.50. The molecule has 2 atom stereocenters. The molecular weight excluding hydrogens is 494 g/mol. The second kappa shape index (κ2) is 6.34. The molecule has 2 unspecified atom stereocenters. The van der Waals surface area contributed by atoms with Gasteiger partial charge in [0.1, 0.15) is 0 Å². The number of likely N-dealkylation sites (tertiary alicyclic amines) is 1. The summed E-state index contributed by atoms with van der Waals surface area (Å²) in [4.78, 5) is 8.01. The Balaban J connectivity index is 0.00000180. The summed E-state index contributed by atoms with van der Waals surface area (Å²) in [6.45, 7) is 12.6. The number of thiazole rings is 1. The molecule has 0 aromatic carbocycles. The first-order chi connectivity index (χ1) is 8.58. The van der Waals surface area contributed by atoms with Crippen molar-refractivity contribution in [3.8, 4) is 0 Å². The van der Waals surface area contributed by atoms with Crippen LogP contribution >= 0.6 is 11.3 Å². The summed E-state index contributed by atoms with van der Waals surface area (Å²) in [5.74, 6) is 0.862. The van der Waals surface area contributed by atoms with Gasteiger partial charge in [-0.25, -0.2) is 11.3 Å². The molecule has 1 fully saturated rings. The number of rotatable bonds is 5. The van der Waals surface area contributed by atoms with E-state index in [0.717, 1.165) is 23.3 Å². The SMILES string of the molecule is C=C(C)Nc1n[c-]c(CN2CC(CC)CC2C)s1.[Es]. The van der Waals surface area contributed by atoms with Crippen LogP contribution in [0.25, 0.3) is 0 Å². The summed E-state index contributed by atoms with van der Waals surface area (Å²) in [6.07, 6.45) is 5.73. The van der Waals surface area contributed by atoms with E-state index in [-0.39, 0.29) is 0 Å². The average Bonchev–Trinajstić information content (AvgIpc) is 2.86. The van der Waals surface area contributed by atoms with E-state index < -0.39 is 0 Å². The summed E-state index contributed by atoms with van der Waals surface area (Å²) in [5, 5.41) is 4.04. The van der Waals surface area contributed by atoms with Gasteiger partial charge in [0.15, 0.2) is 0 Å². The maximum atomic E-state index is 4.26. The molecule has 1 radical (unpaired) electrons. The van der Waals surface area contributed by atoms with Gasteiger partial charge in [0.25, 0.3) is 0 Å². The molecule has 0 aliphatic carbocycles. The molecule has 2 heterocycles. The number of hydrogen-bond donors (Lipinski definition) is 1. The number of nitrogens with zero attached hydrogens (tertiary/aromatic N) is 2. The van der Waals surface area contributed by atoms with Crippen LogP contribution in [0.2, 0.25) is 0 Å². The standard InChI is InChI=1S/C14H22N3S.Es/c1-5-12-6-11(4)17(8-12)9-13-7-15-14(18-13)16-10(2)3;/h11-12H,2,5-6,8-9H2,1,3-4H3,(H,15,16);/q-1;. The Morgan fingerprint density at radius 3 is 2.95 bits per heavy atom. The van der Waals surface area contributed by atoms with Crippen molar-refractivity contribution >= 4 is 16.5 Å². The maximum Gasteiger partial charge on any atom is 0.0280 e. The third-order valence-corrected chi connectivity index (χ3v) is 4.39. The maximum absolute atomic E-state index is 4.26. The molecule has 1 aliphatic heterocycles. The number of anilines is 1. The summed E-state index contributed by atoms with van der Waals surface area (Å²) in [6, 6.07) is 0.683. The molecule has 1 aliphatic rings. The van der Waals surface area contributed by atoms with E-state index in [1.165, 1.54) is 24.3 Å². The predicted molar refractivity (Wildman–Crippen MR) is 77.7 cm³/mol. The smallest absolute Gasteiger partial charge is 0.0280 e. The molecule has 0 spiro atoms. The van der Waals surface area contributed by atoms with Crippen LogP contribution in [0.4, 0.5) is 5.13 Å². The summed E-state index contributed by atoms with van der Waals surface area (Å²) >= 11 is 1.68. The number of hydrogen-bond acceptors (Lipinski definition) is 4. The van der Waals surface area contributed by atoms with Crippen molar-refractivity contribution in [1.82, 2.24) is 9.88 Å². The monoisotopic (exact) mass is 516 g/mol. The quantitative estimate of drug-likeness (QED) is 0.608. The van der Waals surface area contributed by atoms with E-state index >= 15 is 0 Å². The van der Waals surface area contributed by atoms with E-state index in [9.17, 15) is 0 Å². The van der Waals surface area contributed by atoms with Crippen LogP contribution in [-0.4, -0.2) is 22.5 Å². The molecule has 1 aromatic heterocycles. The molecule has 1 aromatic rings. The molecule has 5 heteroatoms. The number of allylic oxidation sites excluding steroid dienone is 1. The van der Waals surface area contributed by atoms with E-state index in [4.69, 9.17) is 0 Å². The Morgan fingerprint density at radius 1 is 1.63 bits per heavy atom. The molecule has 111 valence electrons. The molecule has 0 amide bonds. The molecule has 0 saturated carbocycles. The second-order valence-electron chi connectivity index (χ2n) is 5.25. The molecule has 0 bridgehead atoms. The van der Waals surface area contributed by atoms with Crippen LogP contribution in [0.3, 0.4) is 0 Å².